The van der Waals surface area contributed by atoms with Crippen molar-refractivity contribution in [3.05, 3.63) is 77.1 Å². The Morgan fingerprint density at radius 3 is 2.55 bits per heavy atom. The van der Waals surface area contributed by atoms with Crippen LogP contribution in [0, 0.1) is 0 Å². The maximum absolute atomic E-state index is 12.6. The monoisotopic (exact) mass is 504 g/mol. The van der Waals surface area contributed by atoms with E-state index in [1.165, 1.54) is 49.8 Å². The highest BCUT2D eigenvalue weighted by atomic mass is 16.3. The van der Waals surface area contributed by atoms with Gasteiger partial charge < -0.3 is 15.0 Å². The Kier molecular flexibility index (Phi) is 5.04. The molecule has 4 aliphatic rings. The van der Waals surface area contributed by atoms with Crippen molar-refractivity contribution in [3.8, 4) is 22.3 Å². The molecule has 2 aromatic heterocycles. The first-order valence-electron chi connectivity index (χ1n) is 14.1. The molecule has 8 rings (SSSR count). The number of likely N-dealkylation sites (tertiary alicyclic amines) is 1. The highest BCUT2D eigenvalue weighted by Gasteiger charge is 2.37. The van der Waals surface area contributed by atoms with Gasteiger partial charge in [0, 0.05) is 66.7 Å². The molecule has 1 unspecified atom stereocenters. The van der Waals surface area contributed by atoms with E-state index in [0.29, 0.717) is 24.6 Å². The summed E-state index contributed by atoms with van der Waals surface area (Å²) < 4.78 is 0. The molecule has 1 atom stereocenters. The number of β-amino-alcohol motifs (C(OH)–C–C–N with tert-alkyl or cyclic N) is 1. The average molecular weight is 505 g/mol. The molecule has 0 radical (unpaired) electrons. The standard InChI is InChI=1S/C32H32N4O2/c37-27-17-36(18-27)32(38)20-6-4-19(5-7-20)29-14-34-31-28(29)12-24(13-33-31)23-10-21-2-1-3-22-15-35(26-8-9-26)16-25(11-23)30(21)22/h4-7,10-14,22,26-27,37H,1-3,8-9,15-18H2,(H,33,34). The molecular formula is C32H32N4O2. The molecule has 192 valence electrons. The summed E-state index contributed by atoms with van der Waals surface area (Å²) >= 11 is 0. The molecule has 4 heterocycles. The fourth-order valence-corrected chi connectivity index (χ4v) is 6.95. The molecule has 2 aliphatic heterocycles. The van der Waals surface area contributed by atoms with Crippen molar-refractivity contribution in [2.24, 2.45) is 0 Å². The molecule has 4 aromatic rings. The minimum Gasteiger partial charge on any atom is -0.389 e. The number of hydrogen-bond donors (Lipinski definition) is 2. The Labute approximate surface area is 222 Å². The van der Waals surface area contributed by atoms with Crippen LogP contribution in [-0.2, 0) is 13.0 Å². The number of carbonyl (C=O) groups is 1. The minimum absolute atomic E-state index is 0.0245. The number of fused-ring (bicyclic) bond motifs is 1. The second-order valence-corrected chi connectivity index (χ2v) is 11.7. The average Bonchev–Trinajstić information content (AvgIpc) is 3.70. The van der Waals surface area contributed by atoms with E-state index < -0.39 is 6.10 Å². The largest absolute Gasteiger partial charge is 0.389 e. The maximum atomic E-state index is 12.6. The number of carbonyl (C=O) groups excluding carboxylic acids is 1. The maximum Gasteiger partial charge on any atom is 0.254 e. The fourth-order valence-electron chi connectivity index (χ4n) is 6.95. The molecule has 6 nitrogen and oxygen atoms in total. The van der Waals surface area contributed by atoms with Crippen LogP contribution in [0.25, 0.3) is 33.3 Å². The lowest BCUT2D eigenvalue weighted by Gasteiger charge is -2.39. The van der Waals surface area contributed by atoms with Gasteiger partial charge in [-0.15, -0.1) is 0 Å². The minimum atomic E-state index is -0.390. The summed E-state index contributed by atoms with van der Waals surface area (Å²) in [4.78, 5) is 25.2. The van der Waals surface area contributed by atoms with Crippen LogP contribution in [0.5, 0.6) is 0 Å². The molecule has 1 saturated heterocycles. The number of aryl methyl sites for hydroxylation is 1. The van der Waals surface area contributed by atoms with Crippen molar-refractivity contribution in [1.29, 1.82) is 0 Å². The zero-order valence-corrected chi connectivity index (χ0v) is 21.5. The summed E-state index contributed by atoms with van der Waals surface area (Å²) in [5.41, 5.74) is 10.8. The summed E-state index contributed by atoms with van der Waals surface area (Å²) in [5, 5.41) is 10.6. The highest BCUT2D eigenvalue weighted by Crippen LogP contribution is 2.44. The van der Waals surface area contributed by atoms with Crippen LogP contribution in [0.15, 0.2) is 54.9 Å². The number of aromatic amines is 1. The van der Waals surface area contributed by atoms with Crippen molar-refractivity contribution >= 4 is 16.9 Å². The number of amides is 1. The van der Waals surface area contributed by atoms with Crippen LogP contribution in [-0.4, -0.2) is 62.6 Å². The molecule has 6 heteroatoms. The van der Waals surface area contributed by atoms with E-state index in [1.54, 1.807) is 16.0 Å². The van der Waals surface area contributed by atoms with E-state index in [2.05, 4.69) is 28.1 Å². The summed E-state index contributed by atoms with van der Waals surface area (Å²) in [7, 11) is 0. The van der Waals surface area contributed by atoms with Gasteiger partial charge in [-0.2, -0.15) is 0 Å². The van der Waals surface area contributed by atoms with Gasteiger partial charge in [0.1, 0.15) is 5.65 Å². The molecule has 2 fully saturated rings. The molecule has 38 heavy (non-hydrogen) atoms. The van der Waals surface area contributed by atoms with E-state index in [1.807, 2.05) is 36.7 Å². The summed E-state index contributed by atoms with van der Waals surface area (Å²) in [6, 6.07) is 15.7. The third-order valence-corrected chi connectivity index (χ3v) is 9.11. The zero-order valence-electron chi connectivity index (χ0n) is 21.5. The van der Waals surface area contributed by atoms with Crippen molar-refractivity contribution in [2.45, 2.75) is 56.7 Å². The van der Waals surface area contributed by atoms with Gasteiger partial charge in [0.05, 0.1) is 6.10 Å². The van der Waals surface area contributed by atoms with Gasteiger partial charge in [-0.1, -0.05) is 18.2 Å². The van der Waals surface area contributed by atoms with Crippen LogP contribution in [0.4, 0.5) is 0 Å². The lowest BCUT2D eigenvalue weighted by atomic mass is 9.76. The predicted octanol–water partition coefficient (Wildman–Crippen LogP) is 5.11. The van der Waals surface area contributed by atoms with E-state index >= 15 is 0 Å². The molecule has 0 spiro atoms. The van der Waals surface area contributed by atoms with E-state index in [4.69, 9.17) is 4.98 Å². The van der Waals surface area contributed by atoms with Crippen LogP contribution in [0.3, 0.4) is 0 Å². The van der Waals surface area contributed by atoms with Gasteiger partial charge in [-0.25, -0.2) is 4.98 Å². The number of benzene rings is 2. The van der Waals surface area contributed by atoms with Crippen molar-refractivity contribution in [2.75, 3.05) is 19.6 Å². The van der Waals surface area contributed by atoms with Gasteiger partial charge in [-0.3, -0.25) is 9.69 Å². The molecule has 1 amide bonds. The zero-order chi connectivity index (χ0) is 25.4. The van der Waals surface area contributed by atoms with E-state index in [9.17, 15) is 9.90 Å². The highest BCUT2D eigenvalue weighted by molar-refractivity contribution is 5.98. The molecule has 2 aliphatic carbocycles. The first kappa shape index (κ1) is 22.5. The molecular weight excluding hydrogens is 472 g/mol. The third kappa shape index (κ3) is 3.69. The summed E-state index contributed by atoms with van der Waals surface area (Å²) in [5.74, 6) is 0.679. The Morgan fingerprint density at radius 1 is 0.947 bits per heavy atom. The van der Waals surface area contributed by atoms with Crippen LogP contribution < -0.4 is 0 Å². The molecule has 0 bridgehead atoms. The Morgan fingerprint density at radius 2 is 1.76 bits per heavy atom. The van der Waals surface area contributed by atoms with Gasteiger partial charge in [-0.05, 0) is 90.1 Å². The fraction of sp³-hybridized carbons (Fsp3) is 0.375. The summed E-state index contributed by atoms with van der Waals surface area (Å²) in [6.07, 6.45) is 10.1. The smallest absolute Gasteiger partial charge is 0.254 e. The van der Waals surface area contributed by atoms with Crippen molar-refractivity contribution in [3.63, 3.8) is 0 Å². The first-order chi connectivity index (χ1) is 18.6. The Balaban J connectivity index is 1.14. The number of rotatable bonds is 4. The van der Waals surface area contributed by atoms with Gasteiger partial charge in [0.25, 0.3) is 5.91 Å². The lowest BCUT2D eigenvalue weighted by molar-refractivity contribution is 0.00590. The van der Waals surface area contributed by atoms with Gasteiger partial charge in [0.2, 0.25) is 0 Å². The second kappa shape index (κ2) is 8.52. The van der Waals surface area contributed by atoms with E-state index in [0.717, 1.165) is 40.3 Å². The number of aliphatic hydroxyl groups excluding tert-OH is 1. The number of nitrogens with zero attached hydrogens (tertiary/aromatic N) is 3. The van der Waals surface area contributed by atoms with Crippen LogP contribution in [0.2, 0.25) is 0 Å². The number of aliphatic hydroxyl groups is 1. The predicted molar refractivity (Wildman–Crippen MR) is 148 cm³/mol. The normalized spacial score (nSPS) is 21.4. The number of aromatic nitrogens is 2. The molecule has 2 aromatic carbocycles. The molecule has 1 saturated carbocycles. The molecule has 2 N–H and O–H groups in total. The second-order valence-electron chi connectivity index (χ2n) is 11.7. The third-order valence-electron chi connectivity index (χ3n) is 9.11. The van der Waals surface area contributed by atoms with Crippen LogP contribution >= 0.6 is 0 Å². The quantitative estimate of drug-likeness (QED) is 0.405. The number of nitrogens with one attached hydrogen (secondary N) is 1. The Hall–Kier alpha value is -3.48. The SMILES string of the molecule is O=C(c1ccc(-c2c[nH]c3ncc(-c4cc5c6c(c4)CN(C4CC4)CC6CCC5)cc23)cc1)N1CC(O)C1. The topological polar surface area (TPSA) is 72.5 Å². The van der Waals surface area contributed by atoms with Gasteiger partial charge >= 0.3 is 0 Å². The van der Waals surface area contributed by atoms with Gasteiger partial charge in [0.15, 0.2) is 0 Å². The first-order valence-corrected chi connectivity index (χ1v) is 14.1. The van der Waals surface area contributed by atoms with Crippen molar-refractivity contribution in [1.82, 2.24) is 19.8 Å². The van der Waals surface area contributed by atoms with Crippen LogP contribution in [0.1, 0.15) is 58.6 Å². The number of H-pyrrole nitrogens is 1. The summed E-state index contributed by atoms with van der Waals surface area (Å²) in [6.45, 7) is 3.17. The lowest BCUT2D eigenvalue weighted by Crippen LogP contribution is -2.53. The number of pyridine rings is 1. The Bertz CT molecular complexity index is 1560. The van der Waals surface area contributed by atoms with Crippen molar-refractivity contribution < 1.29 is 9.90 Å². The van der Waals surface area contributed by atoms with E-state index in [-0.39, 0.29) is 5.91 Å². The number of hydrogen-bond acceptors (Lipinski definition) is 4.